The van der Waals surface area contributed by atoms with Crippen molar-refractivity contribution in [3.8, 4) is 0 Å². The maximum Gasteiger partial charge on any atom is 0.250 e. The van der Waals surface area contributed by atoms with Crippen LogP contribution in [0.5, 0.6) is 0 Å². The molecule has 0 unspecified atom stereocenters. The fraction of sp³-hybridized carbons (Fsp3) is 0.154. The van der Waals surface area contributed by atoms with Crippen LogP contribution in [0.4, 0.5) is 0 Å². The zero-order valence-corrected chi connectivity index (χ0v) is 12.4. The molecule has 5 nitrogen and oxygen atoms in total. The van der Waals surface area contributed by atoms with E-state index in [-0.39, 0.29) is 6.54 Å². The van der Waals surface area contributed by atoms with Crippen LogP contribution in [-0.4, -0.2) is 18.4 Å². The number of H-pyrrole nitrogens is 1. The maximum absolute atomic E-state index is 12.1. The molecular weight excluding hydrogens is 294 g/mol. The summed E-state index contributed by atoms with van der Waals surface area (Å²) >= 11 is 1.25. The van der Waals surface area contributed by atoms with Gasteiger partial charge in [-0.05, 0) is 31.2 Å². The van der Waals surface area contributed by atoms with Crippen LogP contribution in [-0.2, 0) is 16.6 Å². The first kappa shape index (κ1) is 13.3. The number of aromatic amines is 1. The number of rotatable bonds is 4. The Bertz CT molecular complexity index is 816. The van der Waals surface area contributed by atoms with Crippen LogP contribution in [0.25, 0.3) is 11.0 Å². The monoisotopic (exact) mass is 307 g/mol. The molecule has 3 rings (SSSR count). The normalized spacial score (nSPS) is 12.1. The molecule has 0 aliphatic heterocycles. The van der Waals surface area contributed by atoms with Gasteiger partial charge in [-0.1, -0.05) is 12.1 Å². The van der Waals surface area contributed by atoms with Crippen molar-refractivity contribution in [2.24, 2.45) is 0 Å². The predicted molar refractivity (Wildman–Crippen MR) is 79.2 cm³/mol. The summed E-state index contributed by atoms with van der Waals surface area (Å²) in [5.74, 6) is 0.600. The SMILES string of the molecule is Cc1ccc(S(=O)(=O)NCc2nc3ccccc3[nH]2)s1. The number of fused-ring (bicyclic) bond motifs is 1. The Morgan fingerprint density at radius 2 is 2.05 bits per heavy atom. The van der Waals surface area contributed by atoms with E-state index in [0.29, 0.717) is 10.0 Å². The minimum atomic E-state index is -3.47. The summed E-state index contributed by atoms with van der Waals surface area (Å²) in [6.07, 6.45) is 0. The minimum absolute atomic E-state index is 0.147. The number of nitrogens with zero attached hydrogens (tertiary/aromatic N) is 1. The highest BCUT2D eigenvalue weighted by molar-refractivity contribution is 7.91. The third kappa shape index (κ3) is 2.60. The van der Waals surface area contributed by atoms with Gasteiger partial charge in [-0.3, -0.25) is 0 Å². The van der Waals surface area contributed by atoms with E-state index in [1.54, 1.807) is 12.1 Å². The maximum atomic E-state index is 12.1. The lowest BCUT2D eigenvalue weighted by atomic mass is 10.3. The Kier molecular flexibility index (Phi) is 3.33. The number of hydrogen-bond donors (Lipinski definition) is 2. The van der Waals surface area contributed by atoms with Crippen LogP contribution >= 0.6 is 11.3 Å². The second-order valence-electron chi connectivity index (χ2n) is 4.39. The number of thiophene rings is 1. The van der Waals surface area contributed by atoms with Gasteiger partial charge in [0.1, 0.15) is 10.0 Å². The first-order chi connectivity index (χ1) is 9.54. The molecule has 0 saturated heterocycles. The largest absolute Gasteiger partial charge is 0.341 e. The zero-order chi connectivity index (χ0) is 14.2. The lowest BCUT2D eigenvalue weighted by Gasteiger charge is -2.02. The van der Waals surface area contributed by atoms with Gasteiger partial charge in [0.15, 0.2) is 0 Å². The highest BCUT2D eigenvalue weighted by Crippen LogP contribution is 2.20. The zero-order valence-electron chi connectivity index (χ0n) is 10.8. The fourth-order valence-electron chi connectivity index (χ4n) is 1.88. The molecule has 0 aliphatic carbocycles. The van der Waals surface area contributed by atoms with Crippen LogP contribution in [0.1, 0.15) is 10.7 Å². The van der Waals surface area contributed by atoms with Gasteiger partial charge >= 0.3 is 0 Å². The molecule has 2 heterocycles. The van der Waals surface area contributed by atoms with E-state index in [4.69, 9.17) is 0 Å². The second kappa shape index (κ2) is 5.01. The van der Waals surface area contributed by atoms with E-state index < -0.39 is 10.0 Å². The van der Waals surface area contributed by atoms with E-state index in [1.165, 1.54) is 11.3 Å². The number of benzene rings is 1. The van der Waals surface area contributed by atoms with Crippen LogP contribution in [0, 0.1) is 6.92 Å². The van der Waals surface area contributed by atoms with E-state index in [9.17, 15) is 8.42 Å². The molecule has 0 fully saturated rings. The average molecular weight is 307 g/mol. The third-order valence-electron chi connectivity index (χ3n) is 2.85. The quantitative estimate of drug-likeness (QED) is 0.777. The van der Waals surface area contributed by atoms with Crippen molar-refractivity contribution in [2.75, 3.05) is 0 Å². The van der Waals surface area contributed by atoms with Gasteiger partial charge in [-0.15, -0.1) is 11.3 Å². The van der Waals surface area contributed by atoms with E-state index >= 15 is 0 Å². The fourth-order valence-corrected chi connectivity index (χ4v) is 4.20. The molecule has 0 saturated carbocycles. The van der Waals surface area contributed by atoms with E-state index in [1.807, 2.05) is 31.2 Å². The van der Waals surface area contributed by atoms with Crippen LogP contribution in [0.2, 0.25) is 0 Å². The molecule has 20 heavy (non-hydrogen) atoms. The lowest BCUT2D eigenvalue weighted by Crippen LogP contribution is -2.22. The summed E-state index contributed by atoms with van der Waals surface area (Å²) in [5.41, 5.74) is 1.72. The van der Waals surface area contributed by atoms with Gasteiger partial charge in [0.2, 0.25) is 10.0 Å². The standard InChI is InChI=1S/C13H13N3O2S2/c1-9-6-7-13(19-9)20(17,18)14-8-12-15-10-4-2-3-5-11(10)16-12/h2-7,14H,8H2,1H3,(H,15,16). The highest BCUT2D eigenvalue weighted by Gasteiger charge is 2.16. The van der Waals surface area contributed by atoms with Crippen molar-refractivity contribution in [1.82, 2.24) is 14.7 Å². The topological polar surface area (TPSA) is 74.8 Å². The molecule has 0 spiro atoms. The second-order valence-corrected chi connectivity index (χ2v) is 7.67. The van der Waals surface area contributed by atoms with Gasteiger partial charge in [0, 0.05) is 4.88 Å². The van der Waals surface area contributed by atoms with Crippen molar-refractivity contribution >= 4 is 32.4 Å². The van der Waals surface area contributed by atoms with Crippen molar-refractivity contribution in [3.05, 3.63) is 47.1 Å². The summed E-state index contributed by atoms with van der Waals surface area (Å²) < 4.78 is 27.1. The molecule has 0 radical (unpaired) electrons. The molecule has 0 aliphatic rings. The lowest BCUT2D eigenvalue weighted by molar-refractivity contribution is 0.582. The van der Waals surface area contributed by atoms with Gasteiger partial charge in [-0.25, -0.2) is 18.1 Å². The molecular formula is C13H13N3O2S2. The van der Waals surface area contributed by atoms with Crippen LogP contribution < -0.4 is 4.72 Å². The van der Waals surface area contributed by atoms with Crippen molar-refractivity contribution < 1.29 is 8.42 Å². The third-order valence-corrected chi connectivity index (χ3v) is 5.74. The highest BCUT2D eigenvalue weighted by atomic mass is 32.2. The average Bonchev–Trinajstić information content (AvgIpc) is 3.02. The molecule has 0 atom stereocenters. The Hall–Kier alpha value is -1.70. The summed E-state index contributed by atoms with van der Waals surface area (Å²) in [6.45, 7) is 2.02. The molecule has 2 aromatic heterocycles. The summed E-state index contributed by atoms with van der Waals surface area (Å²) in [4.78, 5) is 8.39. The number of nitrogens with one attached hydrogen (secondary N) is 2. The van der Waals surface area contributed by atoms with Crippen molar-refractivity contribution in [2.45, 2.75) is 17.7 Å². The van der Waals surface area contributed by atoms with Gasteiger partial charge in [0.25, 0.3) is 0 Å². The van der Waals surface area contributed by atoms with Crippen molar-refractivity contribution in [3.63, 3.8) is 0 Å². The Morgan fingerprint density at radius 3 is 2.75 bits per heavy atom. The van der Waals surface area contributed by atoms with E-state index in [0.717, 1.165) is 15.9 Å². The molecule has 0 bridgehead atoms. The van der Waals surface area contributed by atoms with E-state index in [2.05, 4.69) is 14.7 Å². The number of imidazole rings is 1. The first-order valence-corrected chi connectivity index (χ1v) is 8.34. The van der Waals surface area contributed by atoms with Gasteiger partial charge in [0.05, 0.1) is 17.6 Å². The molecule has 1 aromatic carbocycles. The minimum Gasteiger partial charge on any atom is -0.341 e. The molecule has 0 amide bonds. The van der Waals surface area contributed by atoms with Gasteiger partial charge < -0.3 is 4.98 Å². The van der Waals surface area contributed by atoms with Gasteiger partial charge in [-0.2, -0.15) is 0 Å². The molecule has 2 N–H and O–H groups in total. The predicted octanol–water partition coefficient (Wildman–Crippen LogP) is 2.41. The number of aromatic nitrogens is 2. The molecule has 7 heteroatoms. The number of sulfonamides is 1. The smallest absolute Gasteiger partial charge is 0.250 e. The molecule has 3 aromatic rings. The molecule has 104 valence electrons. The Morgan fingerprint density at radius 1 is 1.25 bits per heavy atom. The summed E-state index contributed by atoms with van der Waals surface area (Å²) in [5, 5.41) is 0. The van der Waals surface area contributed by atoms with Crippen LogP contribution in [0.3, 0.4) is 0 Å². The number of aryl methyl sites for hydroxylation is 1. The van der Waals surface area contributed by atoms with Crippen molar-refractivity contribution in [1.29, 1.82) is 0 Å². The first-order valence-electron chi connectivity index (χ1n) is 6.04. The summed E-state index contributed by atoms with van der Waals surface area (Å²) in [6, 6.07) is 11.0. The van der Waals surface area contributed by atoms with Crippen LogP contribution in [0.15, 0.2) is 40.6 Å². The summed E-state index contributed by atoms with van der Waals surface area (Å²) in [7, 11) is -3.47. The Balaban J connectivity index is 1.79. The number of para-hydroxylation sites is 2. The Labute approximate surface area is 120 Å². The number of hydrogen-bond acceptors (Lipinski definition) is 4.